The molecule has 3 heterocycles. The van der Waals surface area contributed by atoms with Gasteiger partial charge >= 0.3 is 0 Å². The summed E-state index contributed by atoms with van der Waals surface area (Å²) in [5.41, 5.74) is 2.47. The molecule has 3 N–H and O–H groups in total. The van der Waals surface area contributed by atoms with Gasteiger partial charge in [0.1, 0.15) is 17.8 Å². The monoisotopic (exact) mass is 456 g/mol. The number of aryl methyl sites for hydroxylation is 1. The third kappa shape index (κ3) is 5.07. The number of aromatic nitrogens is 4. The topological polar surface area (TPSA) is 114 Å². The highest BCUT2D eigenvalue weighted by Gasteiger charge is 2.17. The van der Waals surface area contributed by atoms with Crippen molar-refractivity contribution in [3.63, 3.8) is 0 Å². The number of hydrogen-bond donors (Lipinski definition) is 3. The van der Waals surface area contributed by atoms with E-state index < -0.39 is 0 Å². The average molecular weight is 457 g/mol. The first-order valence-electron chi connectivity index (χ1n) is 10.4. The van der Waals surface area contributed by atoms with Gasteiger partial charge in [-0.25, -0.2) is 9.97 Å². The van der Waals surface area contributed by atoms with Gasteiger partial charge in [-0.3, -0.25) is 9.36 Å². The highest BCUT2D eigenvalue weighted by molar-refractivity contribution is 6.31. The normalized spacial score (nSPS) is 14.3. The van der Waals surface area contributed by atoms with Crippen molar-refractivity contribution >= 4 is 23.5 Å². The van der Waals surface area contributed by atoms with Crippen molar-refractivity contribution in [2.24, 2.45) is 0 Å². The maximum absolute atomic E-state index is 12.6. The predicted octanol–water partition coefficient (Wildman–Crippen LogP) is 2.64. The van der Waals surface area contributed by atoms with Crippen LogP contribution in [-0.4, -0.2) is 49.8 Å². The molecule has 4 rings (SSSR count). The zero-order valence-corrected chi connectivity index (χ0v) is 18.5. The van der Waals surface area contributed by atoms with Crippen molar-refractivity contribution in [2.45, 2.75) is 39.0 Å². The van der Waals surface area contributed by atoms with Gasteiger partial charge < -0.3 is 20.5 Å². The van der Waals surface area contributed by atoms with Crippen molar-refractivity contribution in [1.29, 1.82) is 0 Å². The van der Waals surface area contributed by atoms with Crippen LogP contribution in [-0.2, 0) is 17.9 Å². The number of ether oxygens (including phenoxy) is 1. The number of hydrogen-bond acceptors (Lipinski definition) is 7. The van der Waals surface area contributed by atoms with Gasteiger partial charge in [0.2, 0.25) is 5.95 Å². The minimum absolute atomic E-state index is 0.198. The largest absolute Gasteiger partial charge is 0.392 e. The maximum atomic E-state index is 12.6. The van der Waals surface area contributed by atoms with Gasteiger partial charge in [0.15, 0.2) is 0 Å². The fraction of sp³-hybridized carbons (Fsp3) is 0.364. The number of carbonyl (C=O) groups excluding carboxylic acids is 1. The molecular weight excluding hydrogens is 432 g/mol. The lowest BCUT2D eigenvalue weighted by molar-refractivity contribution is 0.0903. The summed E-state index contributed by atoms with van der Waals surface area (Å²) in [5, 5.41) is 16.2. The predicted molar refractivity (Wildman–Crippen MR) is 120 cm³/mol. The molecule has 10 heteroatoms. The quantitative estimate of drug-likeness (QED) is 0.500. The third-order valence-corrected chi connectivity index (χ3v) is 5.73. The number of amides is 1. The fourth-order valence-electron chi connectivity index (χ4n) is 3.56. The molecule has 1 amide bonds. The lowest BCUT2D eigenvalue weighted by Gasteiger charge is -2.23. The standard InChI is InChI=1S/C22H25ClN6O3/c1-14-9-25-22(27-16-5-7-32-8-6-16)28-20(14)29-11-19(26-13-29)21(31)24-10-15-3-2-4-18(23)17(15)12-30/h2-4,9,11,13,16,30H,5-8,10,12H2,1H3,(H,24,31)(H,25,27,28). The number of nitrogens with zero attached hydrogens (tertiary/aromatic N) is 4. The Morgan fingerprint density at radius 3 is 2.91 bits per heavy atom. The first kappa shape index (κ1) is 22.2. The number of carbonyl (C=O) groups is 1. The number of imidazole rings is 1. The van der Waals surface area contributed by atoms with Crippen LogP contribution < -0.4 is 10.6 Å². The second-order valence-corrected chi connectivity index (χ2v) is 8.02. The Balaban J connectivity index is 1.45. The number of halogens is 1. The summed E-state index contributed by atoms with van der Waals surface area (Å²) in [6.07, 6.45) is 6.76. The van der Waals surface area contributed by atoms with Crippen molar-refractivity contribution in [1.82, 2.24) is 24.8 Å². The zero-order valence-electron chi connectivity index (χ0n) is 17.7. The lowest BCUT2D eigenvalue weighted by atomic mass is 10.1. The van der Waals surface area contributed by atoms with E-state index in [1.807, 2.05) is 13.0 Å². The van der Waals surface area contributed by atoms with E-state index in [0.29, 0.717) is 22.4 Å². The SMILES string of the molecule is Cc1cnc(NC2CCOCC2)nc1-n1cnc(C(=O)NCc2cccc(Cl)c2CO)c1. The van der Waals surface area contributed by atoms with Crippen molar-refractivity contribution < 1.29 is 14.6 Å². The molecule has 1 aromatic carbocycles. The van der Waals surface area contributed by atoms with Crippen LogP contribution in [0.5, 0.6) is 0 Å². The third-order valence-electron chi connectivity index (χ3n) is 5.37. The van der Waals surface area contributed by atoms with Gasteiger partial charge in [0, 0.05) is 54.3 Å². The summed E-state index contributed by atoms with van der Waals surface area (Å²) in [6, 6.07) is 5.57. The number of nitrogens with one attached hydrogen (secondary N) is 2. The second kappa shape index (κ2) is 10.1. The highest BCUT2D eigenvalue weighted by atomic mass is 35.5. The van der Waals surface area contributed by atoms with E-state index in [2.05, 4.69) is 25.6 Å². The number of aliphatic hydroxyl groups excluding tert-OH is 1. The summed E-state index contributed by atoms with van der Waals surface area (Å²) < 4.78 is 7.10. The first-order chi connectivity index (χ1) is 15.5. The van der Waals surface area contributed by atoms with Crippen LogP contribution in [0.15, 0.2) is 36.9 Å². The maximum Gasteiger partial charge on any atom is 0.271 e. The molecule has 1 aliphatic rings. The van der Waals surface area contributed by atoms with E-state index >= 15 is 0 Å². The molecule has 0 spiro atoms. The molecule has 9 nitrogen and oxygen atoms in total. The van der Waals surface area contributed by atoms with Crippen molar-refractivity contribution in [3.8, 4) is 5.82 Å². The molecule has 0 saturated carbocycles. The van der Waals surface area contributed by atoms with Gasteiger partial charge in [-0.05, 0) is 31.4 Å². The van der Waals surface area contributed by atoms with Crippen LogP contribution in [0.4, 0.5) is 5.95 Å². The van der Waals surface area contributed by atoms with Crippen molar-refractivity contribution in [2.75, 3.05) is 18.5 Å². The van der Waals surface area contributed by atoms with Crippen LogP contribution in [0, 0.1) is 6.92 Å². The van der Waals surface area contributed by atoms with Crippen LogP contribution in [0.25, 0.3) is 5.82 Å². The van der Waals surface area contributed by atoms with Crippen LogP contribution in [0.3, 0.4) is 0 Å². The molecule has 0 radical (unpaired) electrons. The van der Waals surface area contributed by atoms with Crippen LogP contribution in [0.2, 0.25) is 5.02 Å². The van der Waals surface area contributed by atoms with E-state index in [9.17, 15) is 9.90 Å². The van der Waals surface area contributed by atoms with Gasteiger partial charge in [-0.2, -0.15) is 4.98 Å². The molecule has 168 valence electrons. The average Bonchev–Trinajstić information content (AvgIpc) is 3.30. The fourth-order valence-corrected chi connectivity index (χ4v) is 3.81. The second-order valence-electron chi connectivity index (χ2n) is 7.62. The molecule has 32 heavy (non-hydrogen) atoms. The summed E-state index contributed by atoms with van der Waals surface area (Å²) in [5.74, 6) is 0.855. The Kier molecular flexibility index (Phi) is 6.99. The summed E-state index contributed by atoms with van der Waals surface area (Å²) in [6.45, 7) is 3.39. The molecule has 0 aliphatic carbocycles. The highest BCUT2D eigenvalue weighted by Crippen LogP contribution is 2.20. The van der Waals surface area contributed by atoms with Crippen LogP contribution in [0.1, 0.15) is 40.0 Å². The van der Waals surface area contributed by atoms with E-state index in [0.717, 1.165) is 37.2 Å². The summed E-state index contributed by atoms with van der Waals surface area (Å²) in [4.78, 5) is 25.9. The summed E-state index contributed by atoms with van der Waals surface area (Å²) in [7, 11) is 0. The molecule has 0 bridgehead atoms. The Morgan fingerprint density at radius 1 is 1.31 bits per heavy atom. The molecule has 1 aliphatic heterocycles. The molecular formula is C22H25ClN6O3. The number of rotatable bonds is 7. The molecule has 1 fully saturated rings. The summed E-state index contributed by atoms with van der Waals surface area (Å²) >= 11 is 6.11. The smallest absolute Gasteiger partial charge is 0.271 e. The van der Waals surface area contributed by atoms with E-state index in [1.165, 1.54) is 0 Å². The Hall–Kier alpha value is -3.01. The number of anilines is 1. The van der Waals surface area contributed by atoms with Gasteiger partial charge in [0.05, 0.1) is 6.61 Å². The van der Waals surface area contributed by atoms with Gasteiger partial charge in [-0.15, -0.1) is 0 Å². The molecule has 2 aromatic heterocycles. The lowest BCUT2D eigenvalue weighted by Crippen LogP contribution is -2.28. The Labute approximate surface area is 190 Å². The number of aliphatic hydroxyl groups is 1. The van der Waals surface area contributed by atoms with Crippen molar-refractivity contribution in [3.05, 3.63) is 64.3 Å². The van der Waals surface area contributed by atoms with Gasteiger partial charge in [-0.1, -0.05) is 23.7 Å². The van der Waals surface area contributed by atoms with E-state index in [4.69, 9.17) is 16.3 Å². The van der Waals surface area contributed by atoms with Gasteiger partial charge in [0.25, 0.3) is 5.91 Å². The minimum Gasteiger partial charge on any atom is -0.392 e. The molecule has 0 atom stereocenters. The van der Waals surface area contributed by atoms with E-state index in [1.54, 1.807) is 35.4 Å². The van der Waals surface area contributed by atoms with Crippen LogP contribution >= 0.6 is 11.6 Å². The molecule has 1 saturated heterocycles. The molecule has 0 unspecified atom stereocenters. The number of benzene rings is 1. The zero-order chi connectivity index (χ0) is 22.5. The Morgan fingerprint density at radius 2 is 2.12 bits per heavy atom. The molecule has 3 aromatic rings. The first-order valence-corrected chi connectivity index (χ1v) is 10.8. The minimum atomic E-state index is -0.333. The van der Waals surface area contributed by atoms with E-state index in [-0.39, 0.29) is 30.8 Å². The Bertz CT molecular complexity index is 1100.